The van der Waals surface area contributed by atoms with Crippen LogP contribution in [0, 0.1) is 12.8 Å². The van der Waals surface area contributed by atoms with Gasteiger partial charge in [0.05, 0.1) is 17.1 Å². The van der Waals surface area contributed by atoms with E-state index in [4.69, 9.17) is 4.74 Å². The van der Waals surface area contributed by atoms with E-state index in [1.54, 1.807) is 22.7 Å². The molecule has 2 aromatic heterocycles. The van der Waals surface area contributed by atoms with Crippen LogP contribution in [0.1, 0.15) is 59.5 Å². The number of nitrogens with zero attached hydrogens (tertiary/aromatic N) is 3. The monoisotopic (exact) mass is 494 g/mol. The number of rotatable bonds is 9. The third-order valence-corrected chi connectivity index (χ3v) is 8.57. The molecule has 33 heavy (non-hydrogen) atoms. The number of alkyl halides is 1. The van der Waals surface area contributed by atoms with Crippen molar-refractivity contribution in [3.05, 3.63) is 26.7 Å². The number of aryl methyl sites for hydroxylation is 1. The number of hydrogen-bond donors (Lipinski definition) is 1. The Bertz CT molecular complexity index is 883. The minimum absolute atomic E-state index is 0.0796. The van der Waals surface area contributed by atoms with Crippen LogP contribution in [-0.2, 0) is 24.1 Å². The number of aromatic nitrogens is 2. The Morgan fingerprint density at radius 3 is 2.79 bits per heavy atom. The molecule has 1 N–H and O–H groups in total. The zero-order valence-corrected chi connectivity index (χ0v) is 21.3. The summed E-state index contributed by atoms with van der Waals surface area (Å²) in [6, 6.07) is 0.319. The molecule has 1 aliphatic carbocycles. The van der Waals surface area contributed by atoms with Gasteiger partial charge in [-0.2, -0.15) is 0 Å². The van der Waals surface area contributed by atoms with Crippen LogP contribution in [0.25, 0.3) is 0 Å². The van der Waals surface area contributed by atoms with Gasteiger partial charge in [0.2, 0.25) is 5.91 Å². The normalized spacial score (nSPS) is 22.4. The molecule has 182 valence electrons. The summed E-state index contributed by atoms with van der Waals surface area (Å²) in [6.45, 7) is 6.76. The van der Waals surface area contributed by atoms with Gasteiger partial charge in [-0.05, 0) is 64.8 Å². The highest BCUT2D eigenvalue weighted by molar-refractivity contribution is 7.13. The molecule has 1 fully saturated rings. The summed E-state index contributed by atoms with van der Waals surface area (Å²) >= 11 is 3.18. The molecule has 1 unspecified atom stereocenters. The lowest BCUT2D eigenvalue weighted by Gasteiger charge is -2.30. The quantitative estimate of drug-likeness (QED) is 0.561. The van der Waals surface area contributed by atoms with E-state index in [-0.39, 0.29) is 12.5 Å². The van der Waals surface area contributed by atoms with Gasteiger partial charge in [-0.1, -0.05) is 11.3 Å². The van der Waals surface area contributed by atoms with Crippen molar-refractivity contribution in [2.45, 2.75) is 77.4 Å². The first kappa shape index (κ1) is 24.5. The van der Waals surface area contributed by atoms with E-state index in [0.29, 0.717) is 17.7 Å². The van der Waals surface area contributed by atoms with Gasteiger partial charge in [-0.15, -0.1) is 11.3 Å². The van der Waals surface area contributed by atoms with Crippen LogP contribution in [0.15, 0.2) is 6.20 Å². The number of nitrogens with one attached hydrogen (secondary N) is 1. The predicted octanol–water partition coefficient (Wildman–Crippen LogP) is 4.35. The fourth-order valence-corrected chi connectivity index (χ4v) is 6.49. The van der Waals surface area contributed by atoms with Crippen molar-refractivity contribution in [3.8, 4) is 5.19 Å². The second-order valence-corrected chi connectivity index (χ2v) is 11.7. The van der Waals surface area contributed by atoms with Gasteiger partial charge in [0.25, 0.3) is 5.19 Å². The maximum Gasteiger partial charge on any atom is 0.273 e. The summed E-state index contributed by atoms with van der Waals surface area (Å²) in [5, 5.41) is 4.86. The molecule has 4 rings (SSSR count). The number of ether oxygens (including phenoxy) is 1. The van der Waals surface area contributed by atoms with Crippen LogP contribution in [0.4, 0.5) is 4.39 Å². The third kappa shape index (κ3) is 7.45. The number of amides is 1. The molecule has 1 aliphatic heterocycles. The molecule has 0 radical (unpaired) electrons. The first-order chi connectivity index (χ1) is 15.9. The van der Waals surface area contributed by atoms with Crippen molar-refractivity contribution < 1.29 is 13.9 Å². The van der Waals surface area contributed by atoms with E-state index in [1.807, 2.05) is 13.1 Å². The third-order valence-electron chi connectivity index (χ3n) is 6.58. The molecule has 2 aromatic rings. The van der Waals surface area contributed by atoms with E-state index < -0.39 is 6.17 Å². The lowest BCUT2D eigenvalue weighted by molar-refractivity contribution is -0.121. The minimum Gasteiger partial charge on any atom is -0.467 e. The van der Waals surface area contributed by atoms with Crippen LogP contribution in [0.5, 0.6) is 5.19 Å². The first-order valence-corrected chi connectivity index (χ1v) is 13.8. The fourth-order valence-electron chi connectivity index (χ4n) is 4.74. The van der Waals surface area contributed by atoms with E-state index >= 15 is 0 Å². The minimum atomic E-state index is -0.969. The Labute approximate surface area is 204 Å². The number of halogens is 1. The van der Waals surface area contributed by atoms with E-state index in [9.17, 15) is 9.18 Å². The van der Waals surface area contributed by atoms with E-state index in [0.717, 1.165) is 66.8 Å². The SMILES string of the molecule is Cc1ncc(CC(=O)NC2CCC(CCN3CCc4nc(OCC(C)F)sc4CC3)CC2)s1. The van der Waals surface area contributed by atoms with Gasteiger partial charge < -0.3 is 15.0 Å². The Balaban J connectivity index is 1.13. The lowest BCUT2D eigenvalue weighted by atomic mass is 9.84. The first-order valence-electron chi connectivity index (χ1n) is 12.1. The Morgan fingerprint density at radius 2 is 2.06 bits per heavy atom. The molecule has 0 aromatic carbocycles. The predicted molar refractivity (Wildman–Crippen MR) is 131 cm³/mol. The molecule has 9 heteroatoms. The zero-order valence-electron chi connectivity index (χ0n) is 19.6. The van der Waals surface area contributed by atoms with Crippen LogP contribution in [-0.4, -0.2) is 59.2 Å². The van der Waals surface area contributed by atoms with E-state index in [1.165, 1.54) is 31.1 Å². The highest BCUT2D eigenvalue weighted by atomic mass is 32.1. The van der Waals surface area contributed by atoms with Gasteiger partial charge >= 0.3 is 0 Å². The summed E-state index contributed by atoms with van der Waals surface area (Å²) in [7, 11) is 0. The largest absolute Gasteiger partial charge is 0.467 e. The zero-order chi connectivity index (χ0) is 23.2. The molecule has 0 bridgehead atoms. The van der Waals surface area contributed by atoms with Gasteiger partial charge in [0.15, 0.2) is 0 Å². The molecule has 0 saturated heterocycles. The van der Waals surface area contributed by atoms with Crippen LogP contribution >= 0.6 is 22.7 Å². The number of carbonyl (C=O) groups is 1. The average molecular weight is 495 g/mol. The molecule has 2 aliphatic rings. The van der Waals surface area contributed by atoms with Crippen molar-refractivity contribution in [3.63, 3.8) is 0 Å². The maximum absolute atomic E-state index is 13.0. The van der Waals surface area contributed by atoms with Crippen molar-refractivity contribution in [1.29, 1.82) is 0 Å². The molecule has 3 heterocycles. The summed E-state index contributed by atoms with van der Waals surface area (Å²) in [6.07, 6.45) is 9.02. The van der Waals surface area contributed by atoms with Crippen LogP contribution in [0.2, 0.25) is 0 Å². The summed E-state index contributed by atoms with van der Waals surface area (Å²) in [4.78, 5) is 26.0. The number of fused-ring (bicyclic) bond motifs is 1. The summed E-state index contributed by atoms with van der Waals surface area (Å²) < 4.78 is 18.5. The van der Waals surface area contributed by atoms with Gasteiger partial charge in [0, 0.05) is 41.5 Å². The molecule has 1 amide bonds. The standard InChI is InChI=1S/C24H35FN4O2S2/c1-16(25)15-31-24-28-21-8-11-29(12-9-22(21)33-24)10-7-18-3-5-19(6-4-18)27-23(30)13-20-14-26-17(2)32-20/h14,16,18-19H,3-13,15H2,1-2H3,(H,27,30). The second kappa shape index (κ2) is 11.7. The molecular formula is C24H35FN4O2S2. The average Bonchev–Trinajstić information content (AvgIpc) is 3.32. The lowest BCUT2D eigenvalue weighted by Crippen LogP contribution is -2.38. The van der Waals surface area contributed by atoms with Crippen molar-refractivity contribution in [2.75, 3.05) is 26.2 Å². The summed E-state index contributed by atoms with van der Waals surface area (Å²) in [5.41, 5.74) is 1.13. The van der Waals surface area contributed by atoms with Gasteiger partial charge in [-0.25, -0.2) is 14.4 Å². The van der Waals surface area contributed by atoms with Gasteiger partial charge in [0.1, 0.15) is 12.8 Å². The highest BCUT2D eigenvalue weighted by Gasteiger charge is 2.24. The van der Waals surface area contributed by atoms with E-state index in [2.05, 4.69) is 20.2 Å². The van der Waals surface area contributed by atoms with Crippen LogP contribution in [0.3, 0.4) is 0 Å². The maximum atomic E-state index is 13.0. The smallest absolute Gasteiger partial charge is 0.273 e. The van der Waals surface area contributed by atoms with Gasteiger partial charge in [-0.3, -0.25) is 4.79 Å². The summed E-state index contributed by atoms with van der Waals surface area (Å²) in [5.74, 6) is 0.876. The Hall–Kier alpha value is -1.58. The number of hydrogen-bond acceptors (Lipinski definition) is 7. The molecule has 0 spiro atoms. The van der Waals surface area contributed by atoms with Crippen molar-refractivity contribution in [2.24, 2.45) is 5.92 Å². The number of thiazole rings is 2. The number of carbonyl (C=O) groups excluding carboxylic acids is 1. The Kier molecular flexibility index (Phi) is 8.71. The molecular weight excluding hydrogens is 459 g/mol. The topological polar surface area (TPSA) is 67.4 Å². The van der Waals surface area contributed by atoms with Crippen LogP contribution < -0.4 is 10.1 Å². The Morgan fingerprint density at radius 1 is 1.27 bits per heavy atom. The molecule has 6 nitrogen and oxygen atoms in total. The van der Waals surface area contributed by atoms with Crippen molar-refractivity contribution >= 4 is 28.6 Å². The van der Waals surface area contributed by atoms with Crippen molar-refractivity contribution in [1.82, 2.24) is 20.2 Å². The second-order valence-electron chi connectivity index (χ2n) is 9.38. The highest BCUT2D eigenvalue weighted by Crippen LogP contribution is 2.30. The molecule has 1 atom stereocenters. The molecule has 1 saturated carbocycles. The fraction of sp³-hybridized carbons (Fsp3) is 0.708.